The highest BCUT2D eigenvalue weighted by molar-refractivity contribution is 5.82. The Hall–Kier alpha value is -4.60. The average Bonchev–Trinajstić information content (AvgIpc) is 3.36. The zero-order chi connectivity index (χ0) is 27.5. The lowest BCUT2D eigenvalue weighted by molar-refractivity contribution is -0.425. The Kier molecular flexibility index (Phi) is 7.36. The molecule has 3 heteroatoms. The minimum atomic E-state index is -0.249. The second-order valence-corrected chi connectivity index (χ2v) is 10.3. The molecule has 0 aromatic heterocycles. The summed E-state index contributed by atoms with van der Waals surface area (Å²) in [5.41, 5.74) is 12.4. The highest BCUT2D eigenvalue weighted by Gasteiger charge is 2.27. The van der Waals surface area contributed by atoms with Crippen LogP contribution < -0.4 is 4.90 Å². The number of hydrogen-bond acceptors (Lipinski definition) is 1. The number of hydrogen-bond donors (Lipinski definition) is 0. The summed E-state index contributed by atoms with van der Waals surface area (Å²) in [4.78, 5) is 2.34. The van der Waals surface area contributed by atoms with E-state index in [4.69, 9.17) is 0 Å². The van der Waals surface area contributed by atoms with Gasteiger partial charge >= 0.3 is 0 Å². The second-order valence-electron chi connectivity index (χ2n) is 10.3. The standard InChI is InChI=1S/C36H32FN2/c1-25-6-8-30(9-7-25)10-12-32-20-26(2)35(27(3)21-32)38-18-19-39(24-38)36-28(4)22-33(23-29(36)5)13-11-31-14-16-34(37)17-15-31/h6-9,14-17,20-24H,18-19H2,1-5H3/q+1. The third kappa shape index (κ3) is 5.95. The first-order valence-corrected chi connectivity index (χ1v) is 13.2. The fraction of sp³-hybridized carbons (Fsp3) is 0.194. The molecular formula is C36H32FN2+. The lowest BCUT2D eigenvalue weighted by Gasteiger charge is -2.13. The van der Waals surface area contributed by atoms with E-state index in [2.05, 4.69) is 123 Å². The second kappa shape index (κ2) is 11.0. The van der Waals surface area contributed by atoms with E-state index < -0.39 is 0 Å². The van der Waals surface area contributed by atoms with Crippen molar-refractivity contribution in [3.63, 3.8) is 0 Å². The molecule has 5 rings (SSSR count). The van der Waals surface area contributed by atoms with Gasteiger partial charge in [-0.2, -0.15) is 0 Å². The summed E-state index contributed by atoms with van der Waals surface area (Å²) in [7, 11) is 0. The van der Waals surface area contributed by atoms with Crippen LogP contribution in [0.25, 0.3) is 0 Å². The van der Waals surface area contributed by atoms with Gasteiger partial charge in [-0.05, 0) is 118 Å². The molecule has 0 bridgehead atoms. The summed E-state index contributed by atoms with van der Waals surface area (Å²) in [6.07, 6.45) is 2.23. The molecule has 0 atom stereocenters. The molecule has 1 aliphatic rings. The van der Waals surface area contributed by atoms with Gasteiger partial charge in [0.15, 0.2) is 0 Å². The van der Waals surface area contributed by atoms with Gasteiger partial charge in [-0.3, -0.25) is 0 Å². The van der Waals surface area contributed by atoms with E-state index in [1.807, 2.05) is 0 Å². The number of aryl methyl sites for hydroxylation is 5. The summed E-state index contributed by atoms with van der Waals surface area (Å²) in [6.45, 7) is 12.5. The van der Waals surface area contributed by atoms with E-state index in [9.17, 15) is 4.39 Å². The molecule has 0 saturated heterocycles. The Balaban J connectivity index is 1.38. The molecule has 1 aliphatic heterocycles. The molecule has 192 valence electrons. The van der Waals surface area contributed by atoms with Crippen LogP contribution in [0.2, 0.25) is 0 Å². The topological polar surface area (TPSA) is 6.25 Å². The zero-order valence-corrected chi connectivity index (χ0v) is 23.2. The van der Waals surface area contributed by atoms with Gasteiger partial charge in [0, 0.05) is 22.3 Å². The molecular weight excluding hydrogens is 479 g/mol. The van der Waals surface area contributed by atoms with Crippen molar-refractivity contribution in [3.05, 3.63) is 129 Å². The zero-order valence-electron chi connectivity index (χ0n) is 23.2. The van der Waals surface area contributed by atoms with Crippen LogP contribution in [0.15, 0.2) is 72.8 Å². The predicted octanol–water partition coefficient (Wildman–Crippen LogP) is 7.36. The van der Waals surface area contributed by atoms with Crippen LogP contribution in [-0.2, 0) is 0 Å². The molecule has 1 heterocycles. The summed E-state index contributed by atoms with van der Waals surface area (Å²) >= 11 is 0. The maximum absolute atomic E-state index is 13.2. The van der Waals surface area contributed by atoms with Crippen LogP contribution >= 0.6 is 0 Å². The fourth-order valence-electron chi connectivity index (χ4n) is 5.26. The molecule has 4 aromatic rings. The van der Waals surface area contributed by atoms with Crippen molar-refractivity contribution in [1.29, 1.82) is 0 Å². The van der Waals surface area contributed by atoms with Crippen LogP contribution in [0, 0.1) is 64.1 Å². The molecule has 0 fully saturated rings. The molecule has 39 heavy (non-hydrogen) atoms. The quantitative estimate of drug-likeness (QED) is 0.201. The maximum atomic E-state index is 13.2. The number of anilines is 1. The highest BCUT2D eigenvalue weighted by Crippen LogP contribution is 2.30. The minimum absolute atomic E-state index is 0.249. The molecule has 0 radical (unpaired) electrons. The first-order chi connectivity index (χ1) is 18.8. The van der Waals surface area contributed by atoms with Crippen LogP contribution in [0.4, 0.5) is 15.8 Å². The molecule has 0 aliphatic carbocycles. The number of benzene rings is 4. The first kappa shape index (κ1) is 26.0. The van der Waals surface area contributed by atoms with Crippen molar-refractivity contribution in [2.45, 2.75) is 34.6 Å². The molecule has 0 spiro atoms. The summed E-state index contributed by atoms with van der Waals surface area (Å²) < 4.78 is 15.5. The molecule has 0 amide bonds. The van der Waals surface area contributed by atoms with E-state index in [1.54, 1.807) is 12.1 Å². The van der Waals surface area contributed by atoms with Crippen molar-refractivity contribution in [2.24, 2.45) is 0 Å². The van der Waals surface area contributed by atoms with E-state index in [-0.39, 0.29) is 5.82 Å². The van der Waals surface area contributed by atoms with Gasteiger partial charge in [-0.15, -0.1) is 0 Å². The van der Waals surface area contributed by atoms with E-state index in [0.717, 1.165) is 35.3 Å². The molecule has 2 nitrogen and oxygen atoms in total. The fourth-order valence-corrected chi connectivity index (χ4v) is 5.26. The number of nitrogens with zero attached hydrogens (tertiary/aromatic N) is 2. The first-order valence-electron chi connectivity index (χ1n) is 13.2. The van der Waals surface area contributed by atoms with Crippen molar-refractivity contribution < 1.29 is 8.97 Å². The SMILES string of the molecule is Cc1ccc(C#Cc2cc(C)c([N+]3=CN(c4c(C)cc(C#Cc5ccc(F)cc5)cc4C)CC3)c(C)c2)cc1. The lowest BCUT2D eigenvalue weighted by Crippen LogP contribution is -2.20. The molecule has 0 N–H and O–H groups in total. The van der Waals surface area contributed by atoms with Gasteiger partial charge < -0.3 is 0 Å². The van der Waals surface area contributed by atoms with Crippen LogP contribution in [0.1, 0.15) is 50.1 Å². The van der Waals surface area contributed by atoms with Crippen molar-refractivity contribution in [1.82, 2.24) is 0 Å². The van der Waals surface area contributed by atoms with Gasteiger partial charge in [0.25, 0.3) is 0 Å². The van der Waals surface area contributed by atoms with Crippen LogP contribution in [0.3, 0.4) is 0 Å². The average molecular weight is 512 g/mol. The van der Waals surface area contributed by atoms with Gasteiger partial charge in [0.1, 0.15) is 30.3 Å². The van der Waals surface area contributed by atoms with E-state index in [1.165, 1.54) is 51.3 Å². The van der Waals surface area contributed by atoms with Crippen LogP contribution in [-0.4, -0.2) is 24.0 Å². The smallest absolute Gasteiger partial charge is 0.229 e. The van der Waals surface area contributed by atoms with Crippen molar-refractivity contribution in [3.8, 4) is 23.7 Å². The molecule has 0 saturated carbocycles. The Bertz CT molecular complexity index is 1660. The van der Waals surface area contributed by atoms with Crippen molar-refractivity contribution in [2.75, 3.05) is 18.0 Å². The third-order valence-corrected chi connectivity index (χ3v) is 7.02. The Morgan fingerprint density at radius 3 is 1.62 bits per heavy atom. The Labute approximate surface area is 231 Å². The molecule has 0 unspecified atom stereocenters. The third-order valence-electron chi connectivity index (χ3n) is 7.02. The minimum Gasteiger partial charge on any atom is -0.229 e. The van der Waals surface area contributed by atoms with E-state index in [0.29, 0.717) is 0 Å². The molecule has 4 aromatic carbocycles. The van der Waals surface area contributed by atoms with E-state index >= 15 is 0 Å². The summed E-state index contributed by atoms with van der Waals surface area (Å²) in [5, 5.41) is 0. The predicted molar refractivity (Wildman–Crippen MR) is 160 cm³/mol. The largest absolute Gasteiger partial charge is 0.244 e. The van der Waals surface area contributed by atoms with Crippen LogP contribution in [0.5, 0.6) is 0 Å². The lowest BCUT2D eigenvalue weighted by atomic mass is 10.0. The Morgan fingerprint density at radius 2 is 1.08 bits per heavy atom. The summed E-state index contributed by atoms with van der Waals surface area (Å²) in [6, 6.07) is 23.2. The number of halogens is 1. The Morgan fingerprint density at radius 1 is 0.615 bits per heavy atom. The normalized spacial score (nSPS) is 12.4. The monoisotopic (exact) mass is 511 g/mol. The van der Waals surface area contributed by atoms with Gasteiger partial charge in [-0.1, -0.05) is 41.4 Å². The number of rotatable bonds is 2. The van der Waals surface area contributed by atoms with Gasteiger partial charge in [-0.25, -0.2) is 13.9 Å². The van der Waals surface area contributed by atoms with Gasteiger partial charge in [0.2, 0.25) is 6.34 Å². The maximum Gasteiger partial charge on any atom is 0.244 e. The van der Waals surface area contributed by atoms with Gasteiger partial charge in [0.05, 0.1) is 0 Å². The highest BCUT2D eigenvalue weighted by atomic mass is 19.1. The van der Waals surface area contributed by atoms with Crippen molar-refractivity contribution >= 4 is 17.7 Å². The summed E-state index contributed by atoms with van der Waals surface area (Å²) in [5.74, 6) is 12.8.